The highest BCUT2D eigenvalue weighted by Gasteiger charge is 2.03. The molecule has 0 saturated heterocycles. The number of benzene rings is 1. The number of rotatable bonds is 5. The fraction of sp³-hybridized carbons (Fsp3) is 0.308. The SMILES string of the molecule is CC(C)=CC(=O)NCc1ccc(OC(F)F)cc1. The van der Waals surface area contributed by atoms with Crippen LogP contribution in [0.25, 0.3) is 0 Å². The van der Waals surface area contributed by atoms with Crippen LogP contribution in [0.1, 0.15) is 19.4 Å². The molecule has 0 radical (unpaired) electrons. The van der Waals surface area contributed by atoms with Crippen LogP contribution in [0, 0.1) is 0 Å². The van der Waals surface area contributed by atoms with Gasteiger partial charge in [0.15, 0.2) is 0 Å². The maximum atomic E-state index is 11.9. The van der Waals surface area contributed by atoms with Crippen molar-refractivity contribution in [2.24, 2.45) is 0 Å². The largest absolute Gasteiger partial charge is 0.435 e. The number of allylic oxidation sites excluding steroid dienone is 1. The first-order valence-electron chi connectivity index (χ1n) is 5.44. The summed E-state index contributed by atoms with van der Waals surface area (Å²) < 4.78 is 28.0. The second-order valence-electron chi connectivity index (χ2n) is 3.96. The summed E-state index contributed by atoms with van der Waals surface area (Å²) in [5.74, 6) is -0.0766. The van der Waals surface area contributed by atoms with Crippen molar-refractivity contribution in [2.45, 2.75) is 27.0 Å². The van der Waals surface area contributed by atoms with Gasteiger partial charge in [-0.25, -0.2) is 0 Å². The summed E-state index contributed by atoms with van der Waals surface area (Å²) in [7, 11) is 0. The summed E-state index contributed by atoms with van der Waals surface area (Å²) in [6.07, 6.45) is 1.49. The highest BCUT2D eigenvalue weighted by molar-refractivity contribution is 5.87. The monoisotopic (exact) mass is 255 g/mol. The lowest BCUT2D eigenvalue weighted by Crippen LogP contribution is -2.20. The van der Waals surface area contributed by atoms with E-state index in [1.54, 1.807) is 12.1 Å². The predicted molar refractivity (Wildman–Crippen MR) is 64.4 cm³/mol. The number of alkyl halides is 2. The minimum atomic E-state index is -2.83. The van der Waals surface area contributed by atoms with Crippen LogP contribution in [-0.4, -0.2) is 12.5 Å². The number of hydrogen-bond acceptors (Lipinski definition) is 2. The molecule has 0 fully saturated rings. The zero-order chi connectivity index (χ0) is 13.5. The Hall–Kier alpha value is -1.91. The molecule has 3 nitrogen and oxygen atoms in total. The molecule has 1 amide bonds. The Balaban J connectivity index is 2.49. The fourth-order valence-corrected chi connectivity index (χ4v) is 1.29. The molecule has 1 rings (SSSR count). The zero-order valence-electron chi connectivity index (χ0n) is 10.2. The van der Waals surface area contributed by atoms with Crippen molar-refractivity contribution >= 4 is 5.91 Å². The van der Waals surface area contributed by atoms with Gasteiger partial charge in [0.05, 0.1) is 0 Å². The number of hydrogen-bond donors (Lipinski definition) is 1. The molecule has 0 bridgehead atoms. The van der Waals surface area contributed by atoms with Gasteiger partial charge < -0.3 is 10.1 Å². The van der Waals surface area contributed by atoms with Gasteiger partial charge in [-0.2, -0.15) is 8.78 Å². The van der Waals surface area contributed by atoms with E-state index in [9.17, 15) is 13.6 Å². The quantitative estimate of drug-likeness (QED) is 0.821. The molecular weight excluding hydrogens is 240 g/mol. The summed E-state index contributed by atoms with van der Waals surface area (Å²) in [5.41, 5.74) is 1.72. The molecule has 1 N–H and O–H groups in total. The molecule has 0 aliphatic carbocycles. The third-order valence-corrected chi connectivity index (χ3v) is 2.04. The number of halogens is 2. The maximum absolute atomic E-state index is 11.9. The minimum Gasteiger partial charge on any atom is -0.435 e. The smallest absolute Gasteiger partial charge is 0.387 e. The first kappa shape index (κ1) is 14.2. The number of nitrogens with one attached hydrogen (secondary N) is 1. The second kappa shape index (κ2) is 6.74. The van der Waals surface area contributed by atoms with Crippen LogP contribution >= 0.6 is 0 Å². The first-order chi connectivity index (χ1) is 8.47. The summed E-state index contributed by atoms with van der Waals surface area (Å²) in [6.45, 7) is 1.18. The lowest BCUT2D eigenvalue weighted by atomic mass is 10.2. The van der Waals surface area contributed by atoms with Gasteiger partial charge in [-0.1, -0.05) is 17.7 Å². The van der Waals surface area contributed by atoms with Crippen LogP contribution < -0.4 is 10.1 Å². The van der Waals surface area contributed by atoms with Crippen LogP contribution in [0.15, 0.2) is 35.9 Å². The van der Waals surface area contributed by atoms with Crippen molar-refractivity contribution in [1.82, 2.24) is 5.32 Å². The number of carbonyl (C=O) groups excluding carboxylic acids is 1. The molecular formula is C13H15F2NO2. The highest BCUT2D eigenvalue weighted by atomic mass is 19.3. The van der Waals surface area contributed by atoms with E-state index < -0.39 is 6.61 Å². The molecule has 0 aliphatic rings. The van der Waals surface area contributed by atoms with Crippen LogP contribution in [0.5, 0.6) is 5.75 Å². The molecule has 18 heavy (non-hydrogen) atoms. The van der Waals surface area contributed by atoms with Crippen molar-refractivity contribution in [3.05, 3.63) is 41.5 Å². The molecule has 0 spiro atoms. The Morgan fingerprint density at radius 3 is 2.44 bits per heavy atom. The molecule has 98 valence electrons. The number of ether oxygens (including phenoxy) is 1. The Morgan fingerprint density at radius 2 is 1.94 bits per heavy atom. The Morgan fingerprint density at radius 1 is 1.33 bits per heavy atom. The Labute approximate surface area is 104 Å². The third-order valence-electron chi connectivity index (χ3n) is 2.04. The topological polar surface area (TPSA) is 38.3 Å². The van der Waals surface area contributed by atoms with Gasteiger partial charge in [0.25, 0.3) is 0 Å². The van der Waals surface area contributed by atoms with E-state index >= 15 is 0 Å². The summed E-state index contributed by atoms with van der Waals surface area (Å²) >= 11 is 0. The standard InChI is InChI=1S/C13H15F2NO2/c1-9(2)7-12(17)16-8-10-3-5-11(6-4-10)18-13(14)15/h3-7,13H,8H2,1-2H3,(H,16,17). The van der Waals surface area contributed by atoms with Gasteiger partial charge in [0.1, 0.15) is 5.75 Å². The zero-order valence-corrected chi connectivity index (χ0v) is 10.2. The van der Waals surface area contributed by atoms with Crippen molar-refractivity contribution in [3.63, 3.8) is 0 Å². The average Bonchev–Trinajstić information content (AvgIpc) is 2.26. The van der Waals surface area contributed by atoms with Crippen molar-refractivity contribution in [2.75, 3.05) is 0 Å². The summed E-state index contributed by atoms with van der Waals surface area (Å²) in [5, 5.41) is 2.69. The van der Waals surface area contributed by atoms with E-state index in [-0.39, 0.29) is 11.7 Å². The molecule has 5 heteroatoms. The van der Waals surface area contributed by atoms with E-state index in [2.05, 4.69) is 10.1 Å². The lowest BCUT2D eigenvalue weighted by Gasteiger charge is -2.06. The van der Waals surface area contributed by atoms with E-state index in [1.165, 1.54) is 18.2 Å². The van der Waals surface area contributed by atoms with Gasteiger partial charge >= 0.3 is 6.61 Å². The van der Waals surface area contributed by atoms with Gasteiger partial charge in [-0.3, -0.25) is 4.79 Å². The molecule has 0 saturated carbocycles. The maximum Gasteiger partial charge on any atom is 0.387 e. The van der Waals surface area contributed by atoms with Gasteiger partial charge in [-0.15, -0.1) is 0 Å². The third kappa shape index (κ3) is 5.43. The minimum absolute atomic E-state index is 0.101. The van der Waals surface area contributed by atoms with Gasteiger partial charge in [0, 0.05) is 12.6 Å². The summed E-state index contributed by atoms with van der Waals surface area (Å²) in [4.78, 5) is 11.3. The van der Waals surface area contributed by atoms with E-state index in [0.29, 0.717) is 6.54 Å². The van der Waals surface area contributed by atoms with E-state index in [0.717, 1.165) is 11.1 Å². The van der Waals surface area contributed by atoms with Crippen LogP contribution in [0.2, 0.25) is 0 Å². The van der Waals surface area contributed by atoms with Crippen LogP contribution in [0.4, 0.5) is 8.78 Å². The Kier molecular flexibility index (Phi) is 5.30. The van der Waals surface area contributed by atoms with Crippen molar-refractivity contribution < 1.29 is 18.3 Å². The lowest BCUT2D eigenvalue weighted by molar-refractivity contribution is -0.116. The predicted octanol–water partition coefficient (Wildman–Crippen LogP) is 2.87. The second-order valence-corrected chi connectivity index (χ2v) is 3.96. The van der Waals surface area contributed by atoms with Crippen molar-refractivity contribution in [3.8, 4) is 5.75 Å². The van der Waals surface area contributed by atoms with Gasteiger partial charge in [0.2, 0.25) is 5.91 Å². The van der Waals surface area contributed by atoms with Gasteiger partial charge in [-0.05, 0) is 31.5 Å². The van der Waals surface area contributed by atoms with E-state index in [1.807, 2.05) is 13.8 Å². The molecule has 0 aromatic heterocycles. The fourth-order valence-electron chi connectivity index (χ4n) is 1.29. The highest BCUT2D eigenvalue weighted by Crippen LogP contribution is 2.14. The van der Waals surface area contributed by atoms with Crippen LogP contribution in [0.3, 0.4) is 0 Å². The summed E-state index contributed by atoms with van der Waals surface area (Å²) in [6, 6.07) is 6.13. The molecule has 0 unspecified atom stereocenters. The van der Waals surface area contributed by atoms with Crippen molar-refractivity contribution in [1.29, 1.82) is 0 Å². The normalized spacial score (nSPS) is 10.1. The molecule has 0 heterocycles. The van der Waals surface area contributed by atoms with E-state index in [4.69, 9.17) is 0 Å². The first-order valence-corrected chi connectivity index (χ1v) is 5.44. The number of carbonyl (C=O) groups is 1. The average molecular weight is 255 g/mol. The van der Waals surface area contributed by atoms with Crippen LogP contribution in [-0.2, 0) is 11.3 Å². The molecule has 1 aromatic rings. The number of amides is 1. The molecule has 0 aliphatic heterocycles. The molecule has 0 atom stereocenters. The molecule has 1 aromatic carbocycles. The Bertz CT molecular complexity index is 423.